The molecule has 3 rings (SSSR count). The van der Waals surface area contributed by atoms with Gasteiger partial charge in [0.1, 0.15) is 11.6 Å². The summed E-state index contributed by atoms with van der Waals surface area (Å²) in [4.78, 5) is 32.0. The van der Waals surface area contributed by atoms with Crippen LogP contribution in [-0.2, 0) is 17.8 Å². The Bertz CT molecular complexity index is 1040. The molecule has 27 heavy (non-hydrogen) atoms. The molecule has 0 fully saturated rings. The fourth-order valence-corrected chi connectivity index (χ4v) is 3.07. The maximum atomic E-state index is 12.6. The lowest BCUT2D eigenvalue weighted by molar-refractivity contribution is 0.188. The van der Waals surface area contributed by atoms with Crippen molar-refractivity contribution in [2.75, 3.05) is 20.8 Å². The van der Waals surface area contributed by atoms with Crippen molar-refractivity contribution >= 4 is 11.2 Å². The minimum absolute atomic E-state index is 0.227. The van der Waals surface area contributed by atoms with Crippen molar-refractivity contribution in [2.24, 2.45) is 5.92 Å². The van der Waals surface area contributed by atoms with Crippen LogP contribution in [0.15, 0.2) is 33.9 Å². The molecule has 8 heteroatoms. The van der Waals surface area contributed by atoms with Gasteiger partial charge in [0.25, 0.3) is 5.56 Å². The predicted molar refractivity (Wildman–Crippen MR) is 103 cm³/mol. The molecular formula is C19H24N4O4. The minimum atomic E-state index is -0.446. The van der Waals surface area contributed by atoms with E-state index in [1.165, 1.54) is 4.57 Å². The molecule has 0 aliphatic heterocycles. The van der Waals surface area contributed by atoms with Gasteiger partial charge in [-0.25, -0.2) is 9.78 Å². The number of ether oxygens (including phenoxy) is 2. The van der Waals surface area contributed by atoms with Crippen LogP contribution in [0.3, 0.4) is 0 Å². The van der Waals surface area contributed by atoms with Gasteiger partial charge >= 0.3 is 5.69 Å². The van der Waals surface area contributed by atoms with Crippen LogP contribution in [0.5, 0.6) is 5.75 Å². The largest absolute Gasteiger partial charge is 0.497 e. The van der Waals surface area contributed by atoms with E-state index in [0.717, 1.165) is 11.3 Å². The Hall–Kier alpha value is -2.87. The van der Waals surface area contributed by atoms with Gasteiger partial charge in [0.2, 0.25) is 0 Å². The Balaban J connectivity index is 2.29. The van der Waals surface area contributed by atoms with Gasteiger partial charge in [0, 0.05) is 25.8 Å². The third-order valence-electron chi connectivity index (χ3n) is 4.30. The van der Waals surface area contributed by atoms with E-state index in [1.807, 2.05) is 38.1 Å². The van der Waals surface area contributed by atoms with E-state index in [-0.39, 0.29) is 5.92 Å². The number of H-pyrrole nitrogens is 1. The molecule has 1 N–H and O–H groups in total. The van der Waals surface area contributed by atoms with Gasteiger partial charge < -0.3 is 14.0 Å². The molecule has 0 bridgehead atoms. The molecule has 0 aliphatic rings. The first kappa shape index (κ1) is 18.9. The highest BCUT2D eigenvalue weighted by molar-refractivity contribution is 5.77. The van der Waals surface area contributed by atoms with E-state index in [1.54, 1.807) is 18.8 Å². The van der Waals surface area contributed by atoms with Crippen LogP contribution in [0.2, 0.25) is 0 Å². The Morgan fingerprint density at radius 3 is 2.41 bits per heavy atom. The summed E-state index contributed by atoms with van der Waals surface area (Å²) >= 11 is 0. The van der Waals surface area contributed by atoms with E-state index in [0.29, 0.717) is 36.7 Å². The standard InChI is InChI=1S/C19H24N4O4/c1-12(2)11-23-17-15(18(24)21-19(23)25)22(9-10-26-3)16(20-17)13-5-7-14(27-4)8-6-13/h5-8,12H,9-11H2,1-4H3,(H,21,24,25). The highest BCUT2D eigenvalue weighted by atomic mass is 16.5. The van der Waals surface area contributed by atoms with Gasteiger partial charge in [-0.05, 0) is 30.2 Å². The lowest BCUT2D eigenvalue weighted by atomic mass is 10.2. The molecule has 2 aromatic heterocycles. The third kappa shape index (κ3) is 3.66. The first-order valence-corrected chi connectivity index (χ1v) is 8.83. The Morgan fingerprint density at radius 2 is 1.81 bits per heavy atom. The van der Waals surface area contributed by atoms with Crippen molar-refractivity contribution < 1.29 is 9.47 Å². The number of nitrogens with one attached hydrogen (secondary N) is 1. The van der Waals surface area contributed by atoms with Crippen LogP contribution in [0.1, 0.15) is 13.8 Å². The quantitative estimate of drug-likeness (QED) is 0.684. The Morgan fingerprint density at radius 1 is 1.11 bits per heavy atom. The molecule has 0 atom stereocenters. The van der Waals surface area contributed by atoms with Crippen molar-refractivity contribution in [3.63, 3.8) is 0 Å². The molecule has 0 amide bonds. The number of hydrogen-bond donors (Lipinski definition) is 1. The second-order valence-corrected chi connectivity index (χ2v) is 6.74. The monoisotopic (exact) mass is 372 g/mol. The second kappa shape index (κ2) is 7.79. The number of rotatable bonds is 7. The molecule has 144 valence electrons. The topological polar surface area (TPSA) is 91.1 Å². The first-order valence-electron chi connectivity index (χ1n) is 8.83. The predicted octanol–water partition coefficient (Wildman–Crippen LogP) is 1.86. The van der Waals surface area contributed by atoms with E-state index in [9.17, 15) is 9.59 Å². The first-order chi connectivity index (χ1) is 13.0. The van der Waals surface area contributed by atoms with Crippen molar-refractivity contribution in [1.82, 2.24) is 19.1 Å². The number of imidazole rings is 1. The van der Waals surface area contributed by atoms with Gasteiger partial charge in [-0.2, -0.15) is 0 Å². The Kier molecular flexibility index (Phi) is 5.46. The van der Waals surface area contributed by atoms with Crippen LogP contribution in [0.4, 0.5) is 0 Å². The summed E-state index contributed by atoms with van der Waals surface area (Å²) in [5, 5.41) is 0. The zero-order valence-corrected chi connectivity index (χ0v) is 16.0. The molecule has 0 radical (unpaired) electrons. The second-order valence-electron chi connectivity index (χ2n) is 6.74. The summed E-state index contributed by atoms with van der Waals surface area (Å²) < 4.78 is 13.7. The minimum Gasteiger partial charge on any atom is -0.497 e. The number of hydrogen-bond acceptors (Lipinski definition) is 5. The zero-order chi connectivity index (χ0) is 19.6. The number of aromatic nitrogens is 4. The number of aromatic amines is 1. The fraction of sp³-hybridized carbons (Fsp3) is 0.421. The summed E-state index contributed by atoms with van der Waals surface area (Å²) in [6.07, 6.45) is 0. The van der Waals surface area contributed by atoms with E-state index >= 15 is 0 Å². The third-order valence-corrected chi connectivity index (χ3v) is 4.30. The van der Waals surface area contributed by atoms with E-state index in [4.69, 9.17) is 9.47 Å². The summed E-state index contributed by atoms with van der Waals surface area (Å²) in [5.41, 5.74) is 0.695. The van der Waals surface area contributed by atoms with Crippen LogP contribution in [0, 0.1) is 5.92 Å². The molecule has 0 spiro atoms. The molecule has 0 unspecified atom stereocenters. The van der Waals surface area contributed by atoms with Crippen molar-refractivity contribution in [1.29, 1.82) is 0 Å². The molecule has 2 heterocycles. The molecule has 0 saturated heterocycles. The van der Waals surface area contributed by atoms with Crippen LogP contribution in [0.25, 0.3) is 22.6 Å². The summed E-state index contributed by atoms with van der Waals surface area (Å²) in [6, 6.07) is 7.42. The number of nitrogens with zero attached hydrogens (tertiary/aromatic N) is 3. The fourth-order valence-electron chi connectivity index (χ4n) is 3.07. The summed E-state index contributed by atoms with van der Waals surface area (Å²) in [7, 11) is 3.21. The number of benzene rings is 1. The molecule has 3 aromatic rings. The van der Waals surface area contributed by atoms with Gasteiger partial charge in [0.15, 0.2) is 11.2 Å². The maximum Gasteiger partial charge on any atom is 0.330 e. The van der Waals surface area contributed by atoms with Gasteiger partial charge in [-0.3, -0.25) is 14.3 Å². The average molecular weight is 372 g/mol. The Labute approximate surface area is 156 Å². The molecular weight excluding hydrogens is 348 g/mol. The molecule has 0 saturated carbocycles. The van der Waals surface area contributed by atoms with Gasteiger partial charge in [0.05, 0.1) is 13.7 Å². The van der Waals surface area contributed by atoms with Crippen molar-refractivity contribution in [3.8, 4) is 17.1 Å². The smallest absolute Gasteiger partial charge is 0.330 e. The highest BCUT2D eigenvalue weighted by Crippen LogP contribution is 2.25. The average Bonchev–Trinajstić information content (AvgIpc) is 3.03. The van der Waals surface area contributed by atoms with E-state index < -0.39 is 11.2 Å². The van der Waals surface area contributed by atoms with Crippen molar-refractivity contribution in [2.45, 2.75) is 26.9 Å². The number of fused-ring (bicyclic) bond motifs is 1. The summed E-state index contributed by atoms with van der Waals surface area (Å²) in [5.74, 6) is 1.57. The highest BCUT2D eigenvalue weighted by Gasteiger charge is 2.20. The van der Waals surface area contributed by atoms with E-state index in [2.05, 4.69) is 9.97 Å². The zero-order valence-electron chi connectivity index (χ0n) is 16.0. The molecule has 0 aliphatic carbocycles. The van der Waals surface area contributed by atoms with Gasteiger partial charge in [-0.1, -0.05) is 13.8 Å². The normalized spacial score (nSPS) is 11.4. The molecule has 8 nitrogen and oxygen atoms in total. The van der Waals surface area contributed by atoms with Crippen LogP contribution < -0.4 is 16.0 Å². The maximum absolute atomic E-state index is 12.6. The molecule has 1 aromatic carbocycles. The summed E-state index contributed by atoms with van der Waals surface area (Å²) in [6.45, 7) is 5.34. The SMILES string of the molecule is COCCn1c(-c2ccc(OC)cc2)nc2c1c(=O)[nH]c(=O)n2CC(C)C. The lowest BCUT2D eigenvalue weighted by Crippen LogP contribution is -2.32. The van der Waals surface area contributed by atoms with Crippen LogP contribution in [-0.4, -0.2) is 39.9 Å². The number of methoxy groups -OCH3 is 2. The van der Waals surface area contributed by atoms with Crippen molar-refractivity contribution in [3.05, 3.63) is 45.1 Å². The van der Waals surface area contributed by atoms with Gasteiger partial charge in [-0.15, -0.1) is 0 Å². The van der Waals surface area contributed by atoms with Crippen LogP contribution >= 0.6 is 0 Å². The lowest BCUT2D eigenvalue weighted by Gasteiger charge is -2.10.